The van der Waals surface area contributed by atoms with Crippen LogP contribution in [-0.2, 0) is 0 Å². The first-order chi connectivity index (χ1) is 8.84. The summed E-state index contributed by atoms with van der Waals surface area (Å²) >= 11 is 0. The summed E-state index contributed by atoms with van der Waals surface area (Å²) < 4.78 is 0. The zero-order valence-corrected chi connectivity index (χ0v) is 10.8. The molecule has 2 aromatic rings. The summed E-state index contributed by atoms with van der Waals surface area (Å²) in [6, 6.07) is 10.8. The van der Waals surface area contributed by atoms with Crippen molar-refractivity contribution in [1.82, 2.24) is 15.0 Å². The van der Waals surface area contributed by atoms with Gasteiger partial charge in [0.1, 0.15) is 5.69 Å². The Labute approximate surface area is 108 Å². The first kappa shape index (κ1) is 11.5. The van der Waals surface area contributed by atoms with E-state index in [0.717, 1.165) is 11.3 Å². The van der Waals surface area contributed by atoms with Crippen LogP contribution in [0.5, 0.6) is 0 Å². The van der Waals surface area contributed by atoms with Crippen LogP contribution >= 0.6 is 0 Å². The Morgan fingerprint density at radius 2 is 1.89 bits per heavy atom. The number of aromatic nitrogens is 3. The summed E-state index contributed by atoms with van der Waals surface area (Å²) in [5.41, 5.74) is 2.13. The number of benzene rings is 1. The molecule has 1 aliphatic carbocycles. The van der Waals surface area contributed by atoms with Gasteiger partial charge in [-0.05, 0) is 18.8 Å². The van der Waals surface area contributed by atoms with E-state index in [1.54, 1.807) is 0 Å². The minimum atomic E-state index is 0.483. The molecule has 2 atom stereocenters. The molecule has 0 unspecified atom stereocenters. The van der Waals surface area contributed by atoms with Gasteiger partial charge in [-0.1, -0.05) is 50.1 Å². The molecule has 18 heavy (non-hydrogen) atoms. The van der Waals surface area contributed by atoms with Crippen molar-refractivity contribution in [1.29, 1.82) is 0 Å². The van der Waals surface area contributed by atoms with Gasteiger partial charge in [0.05, 0.1) is 12.2 Å². The predicted octanol–water partition coefficient (Wildman–Crippen LogP) is 3.70. The fourth-order valence-corrected chi connectivity index (χ4v) is 2.82. The van der Waals surface area contributed by atoms with E-state index in [1.807, 2.05) is 29.2 Å². The summed E-state index contributed by atoms with van der Waals surface area (Å²) in [5.74, 6) is 0.690. The first-order valence-electron chi connectivity index (χ1n) is 6.82. The molecule has 0 bridgehead atoms. The fourth-order valence-electron chi connectivity index (χ4n) is 2.82. The lowest BCUT2D eigenvalue weighted by Gasteiger charge is -2.27. The minimum Gasteiger partial charge on any atom is -0.181 e. The second-order valence-corrected chi connectivity index (χ2v) is 5.25. The summed E-state index contributed by atoms with van der Waals surface area (Å²) in [6.07, 6.45) is 7.05. The fraction of sp³-hybridized carbons (Fsp3) is 0.467. The maximum Gasteiger partial charge on any atom is 0.113 e. The topological polar surface area (TPSA) is 30.7 Å². The molecule has 1 saturated carbocycles. The van der Waals surface area contributed by atoms with Crippen molar-refractivity contribution >= 4 is 0 Å². The molecule has 3 rings (SSSR count). The third kappa shape index (κ3) is 2.17. The lowest BCUT2D eigenvalue weighted by Crippen LogP contribution is -2.23. The van der Waals surface area contributed by atoms with Gasteiger partial charge in [-0.2, -0.15) is 15.0 Å². The van der Waals surface area contributed by atoms with E-state index in [0.29, 0.717) is 12.0 Å². The van der Waals surface area contributed by atoms with Crippen LogP contribution < -0.4 is 0 Å². The molecule has 1 heterocycles. The highest BCUT2D eigenvalue weighted by Gasteiger charge is 2.24. The molecule has 0 amide bonds. The van der Waals surface area contributed by atoms with Gasteiger partial charge in [-0.25, -0.2) is 0 Å². The molecule has 0 saturated heterocycles. The molecule has 3 heteroatoms. The van der Waals surface area contributed by atoms with Gasteiger partial charge in [0, 0.05) is 5.56 Å². The zero-order chi connectivity index (χ0) is 12.4. The van der Waals surface area contributed by atoms with Gasteiger partial charge in [0.25, 0.3) is 0 Å². The van der Waals surface area contributed by atoms with Crippen LogP contribution in [0.1, 0.15) is 38.6 Å². The van der Waals surface area contributed by atoms with Crippen molar-refractivity contribution in [3.05, 3.63) is 36.5 Å². The summed E-state index contributed by atoms with van der Waals surface area (Å²) in [5, 5.41) is 9.13. The highest BCUT2D eigenvalue weighted by Crippen LogP contribution is 2.32. The van der Waals surface area contributed by atoms with Crippen LogP contribution in [0.3, 0.4) is 0 Å². The molecule has 3 nitrogen and oxygen atoms in total. The Bertz CT molecular complexity index is 503. The van der Waals surface area contributed by atoms with Crippen molar-refractivity contribution in [2.24, 2.45) is 5.92 Å². The Balaban J connectivity index is 1.85. The van der Waals surface area contributed by atoms with Crippen molar-refractivity contribution in [2.45, 2.75) is 38.6 Å². The van der Waals surface area contributed by atoms with Crippen LogP contribution in [0.4, 0.5) is 0 Å². The summed E-state index contributed by atoms with van der Waals surface area (Å²) in [4.78, 5) is 1.94. The maximum absolute atomic E-state index is 4.66. The molecule has 0 spiro atoms. The molecule has 1 fully saturated rings. The van der Waals surface area contributed by atoms with Crippen molar-refractivity contribution in [2.75, 3.05) is 0 Å². The molecule has 1 aromatic heterocycles. The normalized spacial score (nSPS) is 24.1. The average Bonchev–Trinajstić information content (AvgIpc) is 2.90. The molecular formula is C15H19N3. The van der Waals surface area contributed by atoms with E-state index in [-0.39, 0.29) is 0 Å². The Morgan fingerprint density at radius 3 is 2.67 bits per heavy atom. The quantitative estimate of drug-likeness (QED) is 0.802. The molecule has 94 valence electrons. The van der Waals surface area contributed by atoms with Crippen LogP contribution in [0.25, 0.3) is 11.3 Å². The highest BCUT2D eigenvalue weighted by atomic mass is 15.5. The Hall–Kier alpha value is -1.64. The Morgan fingerprint density at radius 1 is 1.11 bits per heavy atom. The van der Waals surface area contributed by atoms with Crippen molar-refractivity contribution in [3.8, 4) is 11.3 Å². The van der Waals surface area contributed by atoms with E-state index in [4.69, 9.17) is 0 Å². The number of hydrogen-bond donors (Lipinski definition) is 0. The predicted molar refractivity (Wildman–Crippen MR) is 72.1 cm³/mol. The summed E-state index contributed by atoms with van der Waals surface area (Å²) in [6.45, 7) is 2.31. The number of rotatable bonds is 2. The third-order valence-electron chi connectivity index (χ3n) is 3.94. The smallest absolute Gasteiger partial charge is 0.113 e. The van der Waals surface area contributed by atoms with Crippen LogP contribution in [0.15, 0.2) is 36.5 Å². The SMILES string of the molecule is C[C@@H]1CCCC[C@@H]1n1ncc(-c2ccccc2)n1. The maximum atomic E-state index is 4.66. The van der Waals surface area contributed by atoms with E-state index >= 15 is 0 Å². The van der Waals surface area contributed by atoms with Crippen LogP contribution in [-0.4, -0.2) is 15.0 Å². The number of nitrogens with zero attached hydrogens (tertiary/aromatic N) is 3. The minimum absolute atomic E-state index is 0.483. The van der Waals surface area contributed by atoms with Gasteiger partial charge in [0.15, 0.2) is 0 Å². The summed E-state index contributed by atoms with van der Waals surface area (Å²) in [7, 11) is 0. The molecule has 1 aromatic carbocycles. The lowest BCUT2D eigenvalue weighted by molar-refractivity contribution is 0.220. The number of hydrogen-bond acceptors (Lipinski definition) is 2. The molecule has 0 N–H and O–H groups in total. The standard InChI is InChI=1S/C15H19N3/c1-12-7-5-6-10-15(12)18-16-11-14(17-18)13-8-3-2-4-9-13/h2-4,8-9,11-12,15H,5-7,10H2,1H3/t12-,15+/m1/s1. The van der Waals surface area contributed by atoms with Gasteiger partial charge < -0.3 is 0 Å². The molecule has 0 aliphatic heterocycles. The van der Waals surface area contributed by atoms with Gasteiger partial charge in [0.2, 0.25) is 0 Å². The van der Waals surface area contributed by atoms with E-state index in [9.17, 15) is 0 Å². The second-order valence-electron chi connectivity index (χ2n) is 5.25. The van der Waals surface area contributed by atoms with Crippen molar-refractivity contribution < 1.29 is 0 Å². The van der Waals surface area contributed by atoms with Crippen molar-refractivity contribution in [3.63, 3.8) is 0 Å². The average molecular weight is 241 g/mol. The second kappa shape index (κ2) is 4.92. The molecule has 1 aliphatic rings. The van der Waals surface area contributed by atoms with E-state index in [1.165, 1.54) is 25.7 Å². The lowest BCUT2D eigenvalue weighted by atomic mass is 9.86. The van der Waals surface area contributed by atoms with Gasteiger partial charge >= 0.3 is 0 Å². The largest absolute Gasteiger partial charge is 0.181 e. The monoisotopic (exact) mass is 241 g/mol. The van der Waals surface area contributed by atoms with E-state index < -0.39 is 0 Å². The van der Waals surface area contributed by atoms with Gasteiger partial charge in [-0.3, -0.25) is 0 Å². The molecule has 0 radical (unpaired) electrons. The molecular weight excluding hydrogens is 222 g/mol. The highest BCUT2D eigenvalue weighted by molar-refractivity contribution is 5.56. The van der Waals surface area contributed by atoms with Gasteiger partial charge in [-0.15, -0.1) is 0 Å². The van der Waals surface area contributed by atoms with Crippen LogP contribution in [0, 0.1) is 5.92 Å². The van der Waals surface area contributed by atoms with E-state index in [2.05, 4.69) is 29.3 Å². The zero-order valence-electron chi connectivity index (χ0n) is 10.8. The Kier molecular flexibility index (Phi) is 3.13. The van der Waals surface area contributed by atoms with Crippen LogP contribution in [0.2, 0.25) is 0 Å². The first-order valence-corrected chi connectivity index (χ1v) is 6.82. The third-order valence-corrected chi connectivity index (χ3v) is 3.94.